The summed E-state index contributed by atoms with van der Waals surface area (Å²) in [5, 5.41) is 7.43. The van der Waals surface area contributed by atoms with Gasteiger partial charge in [-0.3, -0.25) is 4.79 Å². The number of halogens is 1. The monoisotopic (exact) mass is 419 g/mol. The van der Waals surface area contributed by atoms with E-state index < -0.39 is 5.82 Å². The van der Waals surface area contributed by atoms with Gasteiger partial charge in [0, 0.05) is 24.6 Å². The first kappa shape index (κ1) is 20.4. The average Bonchev–Trinajstić information content (AvgIpc) is 3.41. The zero-order chi connectivity index (χ0) is 21.6. The molecule has 0 atom stereocenters. The van der Waals surface area contributed by atoms with Crippen LogP contribution in [-0.2, 0) is 24.8 Å². The number of carbonyl (C=O) groups is 1. The van der Waals surface area contributed by atoms with Gasteiger partial charge < -0.3 is 14.5 Å². The van der Waals surface area contributed by atoms with Crippen molar-refractivity contribution >= 4 is 5.91 Å². The van der Waals surface area contributed by atoms with Gasteiger partial charge >= 0.3 is 0 Å². The van der Waals surface area contributed by atoms with Crippen LogP contribution in [0.4, 0.5) is 4.39 Å². The summed E-state index contributed by atoms with van der Waals surface area (Å²) in [6, 6.07) is 19.4. The SMILES string of the molecule is Cn1nc(-c2ccccc2)c(CCC(=O)NCc2ccco2)c1Oc1ccccc1F. The van der Waals surface area contributed by atoms with Crippen molar-refractivity contribution < 1.29 is 18.3 Å². The molecule has 2 heterocycles. The van der Waals surface area contributed by atoms with Crippen LogP contribution in [0.2, 0.25) is 0 Å². The third-order valence-corrected chi connectivity index (χ3v) is 4.82. The van der Waals surface area contributed by atoms with Gasteiger partial charge in [0.05, 0.1) is 18.5 Å². The highest BCUT2D eigenvalue weighted by molar-refractivity contribution is 5.77. The minimum atomic E-state index is -0.466. The van der Waals surface area contributed by atoms with Crippen molar-refractivity contribution in [2.45, 2.75) is 19.4 Å². The number of hydrogen-bond acceptors (Lipinski definition) is 4. The first-order valence-electron chi connectivity index (χ1n) is 9.94. The van der Waals surface area contributed by atoms with Crippen LogP contribution in [0.3, 0.4) is 0 Å². The van der Waals surface area contributed by atoms with E-state index in [-0.39, 0.29) is 18.1 Å². The Morgan fingerprint density at radius 2 is 1.87 bits per heavy atom. The highest BCUT2D eigenvalue weighted by atomic mass is 19.1. The highest BCUT2D eigenvalue weighted by Gasteiger charge is 2.21. The summed E-state index contributed by atoms with van der Waals surface area (Å²) in [6.45, 7) is 0.322. The molecule has 1 N–H and O–H groups in total. The van der Waals surface area contributed by atoms with Crippen LogP contribution in [-0.4, -0.2) is 15.7 Å². The molecule has 158 valence electrons. The molecule has 4 aromatic rings. The number of furan rings is 1. The van der Waals surface area contributed by atoms with Gasteiger partial charge in [-0.05, 0) is 30.7 Å². The molecule has 7 heteroatoms. The second kappa shape index (κ2) is 9.30. The Kier molecular flexibility index (Phi) is 6.12. The Hall–Kier alpha value is -3.87. The lowest BCUT2D eigenvalue weighted by atomic mass is 10.0. The maximum atomic E-state index is 14.2. The number of rotatable bonds is 8. The molecule has 0 aliphatic rings. The van der Waals surface area contributed by atoms with E-state index in [9.17, 15) is 9.18 Å². The lowest BCUT2D eigenvalue weighted by Gasteiger charge is -2.10. The van der Waals surface area contributed by atoms with E-state index in [2.05, 4.69) is 10.4 Å². The van der Waals surface area contributed by atoms with E-state index in [4.69, 9.17) is 9.15 Å². The maximum absolute atomic E-state index is 14.2. The maximum Gasteiger partial charge on any atom is 0.221 e. The number of amides is 1. The van der Waals surface area contributed by atoms with Crippen molar-refractivity contribution in [1.29, 1.82) is 0 Å². The zero-order valence-electron chi connectivity index (χ0n) is 17.0. The van der Waals surface area contributed by atoms with Crippen LogP contribution in [0.1, 0.15) is 17.7 Å². The van der Waals surface area contributed by atoms with Gasteiger partial charge in [-0.15, -0.1) is 0 Å². The van der Waals surface area contributed by atoms with E-state index in [0.29, 0.717) is 30.3 Å². The van der Waals surface area contributed by atoms with E-state index >= 15 is 0 Å². The molecule has 31 heavy (non-hydrogen) atoms. The summed E-state index contributed by atoms with van der Waals surface area (Å²) in [7, 11) is 1.74. The Morgan fingerprint density at radius 3 is 2.61 bits per heavy atom. The number of aryl methyl sites for hydroxylation is 1. The molecule has 0 fully saturated rings. The Labute approximate surface area is 179 Å². The first-order chi connectivity index (χ1) is 15.1. The molecule has 0 aliphatic heterocycles. The fraction of sp³-hybridized carbons (Fsp3) is 0.167. The normalized spacial score (nSPS) is 10.8. The molecule has 1 amide bonds. The van der Waals surface area contributed by atoms with Crippen LogP contribution >= 0.6 is 0 Å². The summed E-state index contributed by atoms with van der Waals surface area (Å²) in [6.07, 6.45) is 2.17. The van der Waals surface area contributed by atoms with E-state index in [1.807, 2.05) is 30.3 Å². The number of para-hydroxylation sites is 1. The molecule has 4 rings (SSSR count). The predicted molar refractivity (Wildman–Crippen MR) is 114 cm³/mol. The largest absolute Gasteiger partial charge is 0.467 e. The van der Waals surface area contributed by atoms with Crippen molar-refractivity contribution in [2.75, 3.05) is 0 Å². The average molecular weight is 419 g/mol. The summed E-state index contributed by atoms with van der Waals surface area (Å²) >= 11 is 0. The topological polar surface area (TPSA) is 69.3 Å². The molecule has 0 saturated carbocycles. The fourth-order valence-electron chi connectivity index (χ4n) is 3.29. The first-order valence-corrected chi connectivity index (χ1v) is 9.94. The predicted octanol–water partition coefficient (Wildman–Crippen LogP) is 4.86. The van der Waals surface area contributed by atoms with Gasteiger partial charge in [0.15, 0.2) is 11.6 Å². The molecule has 0 saturated heterocycles. The van der Waals surface area contributed by atoms with Crippen molar-refractivity contribution in [3.05, 3.63) is 90.1 Å². The van der Waals surface area contributed by atoms with Crippen molar-refractivity contribution in [3.63, 3.8) is 0 Å². The fourth-order valence-corrected chi connectivity index (χ4v) is 3.29. The third-order valence-electron chi connectivity index (χ3n) is 4.82. The van der Waals surface area contributed by atoms with E-state index in [1.54, 1.807) is 48.3 Å². The van der Waals surface area contributed by atoms with Crippen molar-refractivity contribution in [2.24, 2.45) is 7.05 Å². The van der Waals surface area contributed by atoms with Gasteiger partial charge in [0.25, 0.3) is 0 Å². The van der Waals surface area contributed by atoms with Crippen LogP contribution in [0.5, 0.6) is 11.6 Å². The Bertz CT molecular complexity index is 1150. The molecule has 0 radical (unpaired) electrons. The molecule has 2 aromatic carbocycles. The van der Waals surface area contributed by atoms with Crippen LogP contribution < -0.4 is 10.1 Å². The van der Waals surface area contributed by atoms with Gasteiger partial charge in [-0.1, -0.05) is 42.5 Å². The zero-order valence-corrected chi connectivity index (χ0v) is 17.0. The third kappa shape index (κ3) is 4.83. The van der Waals surface area contributed by atoms with Gasteiger partial charge in [-0.25, -0.2) is 9.07 Å². The molecular weight excluding hydrogens is 397 g/mol. The summed E-state index contributed by atoms with van der Waals surface area (Å²) in [5.41, 5.74) is 2.34. The second-order valence-electron chi connectivity index (χ2n) is 7.01. The number of carbonyl (C=O) groups excluding carboxylic acids is 1. The Morgan fingerprint density at radius 1 is 1.10 bits per heavy atom. The second-order valence-corrected chi connectivity index (χ2v) is 7.01. The van der Waals surface area contributed by atoms with Crippen molar-refractivity contribution in [1.82, 2.24) is 15.1 Å². The lowest BCUT2D eigenvalue weighted by Crippen LogP contribution is -2.22. The summed E-state index contributed by atoms with van der Waals surface area (Å²) < 4.78 is 26.9. The molecule has 6 nitrogen and oxygen atoms in total. The quantitative estimate of drug-likeness (QED) is 0.443. The van der Waals surface area contributed by atoms with Gasteiger partial charge in [0.1, 0.15) is 5.76 Å². The minimum absolute atomic E-state index is 0.105. The summed E-state index contributed by atoms with van der Waals surface area (Å²) in [4.78, 5) is 12.4. The van der Waals surface area contributed by atoms with E-state index in [0.717, 1.165) is 11.1 Å². The molecule has 0 unspecified atom stereocenters. The minimum Gasteiger partial charge on any atom is -0.467 e. The molecule has 0 bridgehead atoms. The number of nitrogens with zero attached hydrogens (tertiary/aromatic N) is 2. The summed E-state index contributed by atoms with van der Waals surface area (Å²) in [5.74, 6) is 0.600. The lowest BCUT2D eigenvalue weighted by molar-refractivity contribution is -0.121. The molecule has 0 aliphatic carbocycles. The smallest absolute Gasteiger partial charge is 0.221 e. The number of hydrogen-bond donors (Lipinski definition) is 1. The molecule has 2 aromatic heterocycles. The van der Waals surface area contributed by atoms with Gasteiger partial charge in [0.2, 0.25) is 11.8 Å². The van der Waals surface area contributed by atoms with Crippen LogP contribution in [0, 0.1) is 5.82 Å². The van der Waals surface area contributed by atoms with E-state index in [1.165, 1.54) is 6.07 Å². The molecular formula is C24H22FN3O3. The number of nitrogens with one attached hydrogen (secondary N) is 1. The van der Waals surface area contributed by atoms with Gasteiger partial charge in [-0.2, -0.15) is 5.10 Å². The number of aromatic nitrogens is 2. The highest BCUT2D eigenvalue weighted by Crippen LogP contribution is 2.34. The number of ether oxygens (including phenoxy) is 1. The Balaban J connectivity index is 1.58. The standard InChI is InChI=1S/C24H22FN3O3/c1-28-24(31-21-12-6-5-11-20(21)25)19(23(27-28)17-8-3-2-4-9-17)13-14-22(29)26-16-18-10-7-15-30-18/h2-12,15H,13-14,16H2,1H3,(H,26,29). The number of benzene rings is 2. The van der Waals surface area contributed by atoms with Crippen LogP contribution in [0.15, 0.2) is 77.4 Å². The van der Waals surface area contributed by atoms with Crippen LogP contribution in [0.25, 0.3) is 11.3 Å². The molecule has 0 spiro atoms. The van der Waals surface area contributed by atoms with Crippen molar-refractivity contribution in [3.8, 4) is 22.9 Å².